The molecule has 2 nitrogen and oxygen atoms in total. The van der Waals surface area contributed by atoms with Gasteiger partial charge in [-0.2, -0.15) is 0 Å². The van der Waals surface area contributed by atoms with Crippen molar-refractivity contribution in [2.75, 3.05) is 20.1 Å². The molecule has 0 heterocycles. The maximum absolute atomic E-state index is 3.60. The third kappa shape index (κ3) is 3.54. The zero-order valence-electron chi connectivity index (χ0n) is 10.6. The van der Waals surface area contributed by atoms with Crippen LogP contribution in [0.3, 0.4) is 0 Å². The quantitative estimate of drug-likeness (QED) is 0.843. The van der Waals surface area contributed by atoms with Crippen LogP contribution in [0.1, 0.15) is 24.0 Å². The standard InChI is InChI=1S/C14H21BrN2/c1-11-3-4-13(15)7-12(11)8-17-10-14(5-6-14)9-16-2/h3-4,7,16-17H,5-6,8-10H2,1-2H3. The smallest absolute Gasteiger partial charge is 0.0208 e. The highest BCUT2D eigenvalue weighted by molar-refractivity contribution is 9.10. The Labute approximate surface area is 112 Å². The highest BCUT2D eigenvalue weighted by Crippen LogP contribution is 2.44. The molecule has 94 valence electrons. The minimum absolute atomic E-state index is 0.536. The van der Waals surface area contributed by atoms with Gasteiger partial charge in [-0.3, -0.25) is 0 Å². The summed E-state index contributed by atoms with van der Waals surface area (Å²) in [4.78, 5) is 0. The first-order chi connectivity index (χ1) is 8.15. The van der Waals surface area contributed by atoms with Crippen molar-refractivity contribution in [2.24, 2.45) is 5.41 Å². The van der Waals surface area contributed by atoms with E-state index >= 15 is 0 Å². The summed E-state index contributed by atoms with van der Waals surface area (Å²) in [5, 5.41) is 6.89. The molecule has 2 N–H and O–H groups in total. The lowest BCUT2D eigenvalue weighted by molar-refractivity contribution is 0.438. The van der Waals surface area contributed by atoms with Crippen molar-refractivity contribution >= 4 is 15.9 Å². The third-order valence-corrected chi connectivity index (χ3v) is 4.13. The average Bonchev–Trinajstić information content (AvgIpc) is 3.04. The highest BCUT2D eigenvalue weighted by atomic mass is 79.9. The van der Waals surface area contributed by atoms with Gasteiger partial charge in [0.1, 0.15) is 0 Å². The minimum Gasteiger partial charge on any atom is -0.319 e. The number of rotatable bonds is 6. The first kappa shape index (κ1) is 13.1. The van der Waals surface area contributed by atoms with E-state index in [1.807, 2.05) is 7.05 Å². The van der Waals surface area contributed by atoms with Gasteiger partial charge < -0.3 is 10.6 Å². The van der Waals surface area contributed by atoms with E-state index in [-0.39, 0.29) is 0 Å². The van der Waals surface area contributed by atoms with Crippen LogP contribution >= 0.6 is 15.9 Å². The van der Waals surface area contributed by atoms with Crippen LogP contribution < -0.4 is 10.6 Å². The summed E-state index contributed by atoms with van der Waals surface area (Å²) in [6.07, 6.45) is 2.72. The largest absolute Gasteiger partial charge is 0.319 e. The number of aryl methyl sites for hydroxylation is 1. The van der Waals surface area contributed by atoms with Crippen LogP contribution in [0, 0.1) is 12.3 Å². The molecule has 0 spiro atoms. The summed E-state index contributed by atoms with van der Waals surface area (Å²) in [5.74, 6) is 0. The van der Waals surface area contributed by atoms with E-state index in [1.54, 1.807) is 0 Å². The molecule has 0 atom stereocenters. The number of halogens is 1. The Hall–Kier alpha value is -0.380. The minimum atomic E-state index is 0.536. The van der Waals surface area contributed by atoms with Crippen LogP contribution in [0.5, 0.6) is 0 Å². The molecule has 1 aliphatic rings. The van der Waals surface area contributed by atoms with Crippen LogP contribution in [0.25, 0.3) is 0 Å². The molecule has 1 aliphatic carbocycles. The molecule has 0 unspecified atom stereocenters. The van der Waals surface area contributed by atoms with E-state index in [0.29, 0.717) is 5.41 Å². The monoisotopic (exact) mass is 296 g/mol. The van der Waals surface area contributed by atoms with Crippen LogP contribution in [0.15, 0.2) is 22.7 Å². The molecule has 0 aliphatic heterocycles. The molecular formula is C14H21BrN2. The summed E-state index contributed by atoms with van der Waals surface area (Å²) in [5.41, 5.74) is 3.29. The van der Waals surface area contributed by atoms with Gasteiger partial charge in [0.25, 0.3) is 0 Å². The number of hydrogen-bond donors (Lipinski definition) is 2. The van der Waals surface area contributed by atoms with Gasteiger partial charge in [-0.05, 0) is 55.5 Å². The highest BCUT2D eigenvalue weighted by Gasteiger charge is 2.41. The molecule has 2 rings (SSSR count). The SMILES string of the molecule is CNCC1(CNCc2cc(Br)ccc2C)CC1. The van der Waals surface area contributed by atoms with Crippen LogP contribution in [-0.4, -0.2) is 20.1 Å². The van der Waals surface area contributed by atoms with E-state index in [4.69, 9.17) is 0 Å². The molecule has 0 radical (unpaired) electrons. The van der Waals surface area contributed by atoms with Crippen LogP contribution in [0.2, 0.25) is 0 Å². The van der Waals surface area contributed by atoms with Gasteiger partial charge >= 0.3 is 0 Å². The Bertz CT molecular complexity index is 386. The predicted molar refractivity (Wildman–Crippen MR) is 76.2 cm³/mol. The van der Waals surface area contributed by atoms with Crippen LogP contribution in [-0.2, 0) is 6.54 Å². The second-order valence-electron chi connectivity index (χ2n) is 5.20. The Morgan fingerprint density at radius 2 is 2.06 bits per heavy atom. The van der Waals surface area contributed by atoms with Gasteiger partial charge in [-0.15, -0.1) is 0 Å². The summed E-state index contributed by atoms with van der Waals surface area (Å²) in [7, 11) is 2.04. The molecule has 1 aromatic carbocycles. The first-order valence-corrected chi connectivity index (χ1v) is 7.05. The molecule has 17 heavy (non-hydrogen) atoms. The molecule has 1 saturated carbocycles. The van der Waals surface area contributed by atoms with Crippen molar-refractivity contribution < 1.29 is 0 Å². The van der Waals surface area contributed by atoms with Crippen LogP contribution in [0.4, 0.5) is 0 Å². The van der Waals surface area contributed by atoms with Gasteiger partial charge in [-0.1, -0.05) is 22.0 Å². The molecule has 3 heteroatoms. The van der Waals surface area contributed by atoms with E-state index < -0.39 is 0 Å². The average molecular weight is 297 g/mol. The molecule has 0 bridgehead atoms. The maximum Gasteiger partial charge on any atom is 0.0208 e. The lowest BCUT2D eigenvalue weighted by Crippen LogP contribution is -2.31. The second kappa shape index (κ2) is 5.51. The van der Waals surface area contributed by atoms with Gasteiger partial charge in [0.05, 0.1) is 0 Å². The summed E-state index contributed by atoms with van der Waals surface area (Å²) in [6.45, 7) is 5.40. The van der Waals surface area contributed by atoms with Crippen molar-refractivity contribution in [3.63, 3.8) is 0 Å². The van der Waals surface area contributed by atoms with E-state index in [9.17, 15) is 0 Å². The predicted octanol–water partition coefficient (Wildman–Crippen LogP) is 2.85. The molecule has 1 aromatic rings. The topological polar surface area (TPSA) is 24.1 Å². The Morgan fingerprint density at radius 3 is 2.71 bits per heavy atom. The fourth-order valence-corrected chi connectivity index (χ4v) is 2.67. The Balaban J connectivity index is 1.84. The molecule has 0 aromatic heterocycles. The third-order valence-electron chi connectivity index (χ3n) is 3.64. The van der Waals surface area contributed by atoms with Gasteiger partial charge in [-0.25, -0.2) is 0 Å². The maximum atomic E-state index is 3.60. The summed E-state index contributed by atoms with van der Waals surface area (Å²) in [6, 6.07) is 6.48. The van der Waals surface area contributed by atoms with Crippen molar-refractivity contribution in [1.82, 2.24) is 10.6 Å². The molecule has 1 fully saturated rings. The molecule has 0 amide bonds. The first-order valence-electron chi connectivity index (χ1n) is 6.26. The Morgan fingerprint density at radius 1 is 1.29 bits per heavy atom. The molecule has 0 saturated heterocycles. The fraction of sp³-hybridized carbons (Fsp3) is 0.571. The number of benzene rings is 1. The zero-order valence-corrected chi connectivity index (χ0v) is 12.2. The van der Waals surface area contributed by atoms with Gasteiger partial charge in [0.15, 0.2) is 0 Å². The normalized spacial score (nSPS) is 17.1. The van der Waals surface area contributed by atoms with Crippen molar-refractivity contribution in [3.05, 3.63) is 33.8 Å². The summed E-state index contributed by atoms with van der Waals surface area (Å²) < 4.78 is 1.16. The van der Waals surface area contributed by atoms with Crippen molar-refractivity contribution in [2.45, 2.75) is 26.3 Å². The fourth-order valence-electron chi connectivity index (χ4n) is 2.26. The van der Waals surface area contributed by atoms with Gasteiger partial charge in [0.2, 0.25) is 0 Å². The lowest BCUT2D eigenvalue weighted by Gasteiger charge is -2.16. The van der Waals surface area contributed by atoms with Crippen molar-refractivity contribution in [1.29, 1.82) is 0 Å². The van der Waals surface area contributed by atoms with E-state index in [0.717, 1.165) is 24.1 Å². The number of hydrogen-bond acceptors (Lipinski definition) is 2. The lowest BCUT2D eigenvalue weighted by atomic mass is 10.1. The van der Waals surface area contributed by atoms with Gasteiger partial charge in [0, 0.05) is 24.1 Å². The zero-order chi connectivity index (χ0) is 12.3. The Kier molecular flexibility index (Phi) is 4.23. The van der Waals surface area contributed by atoms with E-state index in [2.05, 4.69) is 51.7 Å². The van der Waals surface area contributed by atoms with E-state index in [1.165, 1.54) is 24.0 Å². The summed E-state index contributed by atoms with van der Waals surface area (Å²) >= 11 is 3.53. The second-order valence-corrected chi connectivity index (χ2v) is 6.12. The molecular weight excluding hydrogens is 276 g/mol. The number of nitrogens with one attached hydrogen (secondary N) is 2. The van der Waals surface area contributed by atoms with Crippen molar-refractivity contribution in [3.8, 4) is 0 Å².